The second-order valence-corrected chi connectivity index (χ2v) is 10.0. The molecule has 1 heterocycles. The van der Waals surface area contributed by atoms with E-state index >= 15 is 0 Å². The lowest BCUT2D eigenvalue weighted by Gasteiger charge is -2.28. The lowest BCUT2D eigenvalue weighted by atomic mass is 9.79. The summed E-state index contributed by atoms with van der Waals surface area (Å²) in [4.78, 5) is 31.9. The molecule has 1 aliphatic rings. The molecule has 1 unspecified atom stereocenters. The van der Waals surface area contributed by atoms with Crippen molar-refractivity contribution in [1.29, 1.82) is 0 Å². The van der Waals surface area contributed by atoms with Gasteiger partial charge < -0.3 is 5.32 Å². The molecule has 0 radical (unpaired) electrons. The van der Waals surface area contributed by atoms with Gasteiger partial charge in [-0.15, -0.1) is 0 Å². The van der Waals surface area contributed by atoms with Crippen LogP contribution in [0.2, 0.25) is 5.02 Å². The van der Waals surface area contributed by atoms with Gasteiger partial charge in [-0.05, 0) is 55.7 Å². The van der Waals surface area contributed by atoms with Gasteiger partial charge in [0.05, 0.1) is 28.1 Å². The fraction of sp³-hybridized carbons (Fsp3) is 0.450. The van der Waals surface area contributed by atoms with Gasteiger partial charge in [0.25, 0.3) is 0 Å². The third-order valence-electron chi connectivity index (χ3n) is 5.42. The maximum atomic E-state index is 13.1. The molecule has 0 aliphatic heterocycles. The summed E-state index contributed by atoms with van der Waals surface area (Å²) in [6.07, 6.45) is 9.11. The molecule has 1 aromatic carbocycles. The van der Waals surface area contributed by atoms with Gasteiger partial charge in [-0.3, -0.25) is 9.78 Å². The van der Waals surface area contributed by atoms with Crippen LogP contribution < -0.4 is 5.32 Å². The van der Waals surface area contributed by atoms with Crippen LogP contribution in [0.1, 0.15) is 43.6 Å². The summed E-state index contributed by atoms with van der Waals surface area (Å²) in [5.41, 5.74) is 0.629. The van der Waals surface area contributed by atoms with Crippen LogP contribution in [0.5, 0.6) is 0 Å². The number of anilines is 1. The number of benzene rings is 1. The predicted molar refractivity (Wildman–Crippen MR) is 114 cm³/mol. The number of aromatic nitrogens is 2. The van der Waals surface area contributed by atoms with Crippen molar-refractivity contribution >= 4 is 33.2 Å². The standard InChI is InChI=1S/C20H23ClN4O4S/c1-30(28,29)18-7-4-14(11-17(18)21)16(10-13-2-5-15(25-27)6-3-13)20(26)24-19-12-22-8-9-23-19/h4,7-9,11-13,15-16H,2-3,5-6,10H2,1H3,(H,23,24,26). The molecule has 1 atom stereocenters. The van der Waals surface area contributed by atoms with Crippen molar-refractivity contribution in [3.05, 3.63) is 52.3 Å². The van der Waals surface area contributed by atoms with Crippen molar-refractivity contribution in [3.63, 3.8) is 0 Å². The Labute approximate surface area is 180 Å². The van der Waals surface area contributed by atoms with E-state index in [1.54, 1.807) is 6.07 Å². The average molecular weight is 451 g/mol. The molecule has 30 heavy (non-hydrogen) atoms. The van der Waals surface area contributed by atoms with Crippen molar-refractivity contribution in [1.82, 2.24) is 9.97 Å². The zero-order valence-electron chi connectivity index (χ0n) is 16.5. The van der Waals surface area contributed by atoms with Crippen LogP contribution in [0.25, 0.3) is 0 Å². The van der Waals surface area contributed by atoms with E-state index in [0.717, 1.165) is 19.1 Å². The van der Waals surface area contributed by atoms with Gasteiger partial charge >= 0.3 is 0 Å². The van der Waals surface area contributed by atoms with E-state index in [2.05, 4.69) is 20.5 Å². The number of carbonyl (C=O) groups is 1. The highest BCUT2D eigenvalue weighted by Gasteiger charge is 2.29. The molecule has 160 valence electrons. The Kier molecular flexibility index (Phi) is 7.14. The molecule has 0 bridgehead atoms. The Bertz CT molecular complexity index is 1010. The Hall–Kier alpha value is -2.39. The van der Waals surface area contributed by atoms with Crippen LogP contribution in [0.3, 0.4) is 0 Å². The summed E-state index contributed by atoms with van der Waals surface area (Å²) in [5, 5.41) is 5.99. The van der Waals surface area contributed by atoms with Crippen LogP contribution in [-0.2, 0) is 14.6 Å². The van der Waals surface area contributed by atoms with E-state index in [-0.39, 0.29) is 27.8 Å². The average Bonchev–Trinajstić information content (AvgIpc) is 2.72. The first-order valence-electron chi connectivity index (χ1n) is 9.66. The molecule has 1 aromatic heterocycles. The Morgan fingerprint density at radius 3 is 2.57 bits per heavy atom. The number of sulfone groups is 1. The Morgan fingerprint density at radius 2 is 2.00 bits per heavy atom. The van der Waals surface area contributed by atoms with E-state index < -0.39 is 15.8 Å². The SMILES string of the molecule is CS(=O)(=O)c1ccc(C(CC2CCC(N=O)CC2)C(=O)Nc2cnccn2)cc1Cl. The first kappa shape index (κ1) is 22.3. The molecule has 1 N–H and O–H groups in total. The molecule has 0 saturated heterocycles. The molecule has 3 rings (SSSR count). The molecule has 2 aromatic rings. The summed E-state index contributed by atoms with van der Waals surface area (Å²) in [7, 11) is -3.47. The molecular formula is C20H23ClN4O4S. The first-order valence-corrected chi connectivity index (χ1v) is 11.9. The third kappa shape index (κ3) is 5.60. The third-order valence-corrected chi connectivity index (χ3v) is 7.00. The number of rotatable bonds is 7. The zero-order valence-corrected chi connectivity index (χ0v) is 18.1. The Morgan fingerprint density at radius 1 is 1.27 bits per heavy atom. The van der Waals surface area contributed by atoms with Crippen molar-refractivity contribution in [3.8, 4) is 0 Å². The number of nitroso groups, excluding NO2 is 1. The number of halogens is 1. The molecule has 1 saturated carbocycles. The summed E-state index contributed by atoms with van der Waals surface area (Å²) < 4.78 is 23.7. The first-order chi connectivity index (χ1) is 14.3. The van der Waals surface area contributed by atoms with Crippen LogP contribution in [0.15, 0.2) is 46.9 Å². The van der Waals surface area contributed by atoms with Crippen LogP contribution >= 0.6 is 11.6 Å². The topological polar surface area (TPSA) is 118 Å². The fourth-order valence-corrected chi connectivity index (χ4v) is 5.16. The van der Waals surface area contributed by atoms with Crippen molar-refractivity contribution in [2.45, 2.75) is 49.0 Å². The van der Waals surface area contributed by atoms with Crippen molar-refractivity contribution in [2.75, 3.05) is 11.6 Å². The number of amides is 1. The highest BCUT2D eigenvalue weighted by atomic mass is 35.5. The van der Waals surface area contributed by atoms with Crippen LogP contribution in [-0.4, -0.2) is 36.6 Å². The van der Waals surface area contributed by atoms with Gasteiger partial charge in [0.2, 0.25) is 5.91 Å². The quantitative estimate of drug-likeness (QED) is 0.637. The number of hydrogen-bond donors (Lipinski definition) is 1. The summed E-state index contributed by atoms with van der Waals surface area (Å²) in [6.45, 7) is 0. The van der Waals surface area contributed by atoms with E-state index in [9.17, 15) is 18.1 Å². The number of carbonyl (C=O) groups excluding carboxylic acids is 1. The Balaban J connectivity index is 1.86. The number of nitrogens with one attached hydrogen (secondary N) is 1. The highest BCUT2D eigenvalue weighted by Crippen LogP contribution is 2.36. The minimum absolute atomic E-state index is 0.0265. The lowest BCUT2D eigenvalue weighted by Crippen LogP contribution is -2.26. The minimum atomic E-state index is -3.47. The smallest absolute Gasteiger partial charge is 0.233 e. The maximum absolute atomic E-state index is 13.1. The molecule has 1 fully saturated rings. The maximum Gasteiger partial charge on any atom is 0.233 e. The number of nitrogens with zero attached hydrogens (tertiary/aromatic N) is 3. The number of hydrogen-bond acceptors (Lipinski definition) is 7. The molecule has 0 spiro atoms. The van der Waals surface area contributed by atoms with Gasteiger partial charge in [-0.25, -0.2) is 13.4 Å². The second-order valence-electron chi connectivity index (χ2n) is 7.61. The van der Waals surface area contributed by atoms with Gasteiger partial charge in [0.1, 0.15) is 0 Å². The second kappa shape index (κ2) is 9.61. The molecular weight excluding hydrogens is 428 g/mol. The van der Waals surface area contributed by atoms with E-state index in [0.29, 0.717) is 30.6 Å². The van der Waals surface area contributed by atoms with E-state index in [1.165, 1.54) is 30.7 Å². The summed E-state index contributed by atoms with van der Waals surface area (Å²) in [5.74, 6) is -0.243. The molecule has 1 amide bonds. The normalized spacial score (nSPS) is 20.3. The lowest BCUT2D eigenvalue weighted by molar-refractivity contribution is -0.118. The summed E-state index contributed by atoms with van der Waals surface area (Å²) in [6, 6.07) is 4.44. The predicted octanol–water partition coefficient (Wildman–Crippen LogP) is 3.97. The monoisotopic (exact) mass is 450 g/mol. The van der Waals surface area contributed by atoms with E-state index in [4.69, 9.17) is 11.6 Å². The highest BCUT2D eigenvalue weighted by molar-refractivity contribution is 7.90. The molecule has 1 aliphatic carbocycles. The van der Waals surface area contributed by atoms with Gasteiger partial charge in [0, 0.05) is 18.6 Å². The van der Waals surface area contributed by atoms with Crippen LogP contribution in [0, 0.1) is 10.8 Å². The molecule has 8 nitrogen and oxygen atoms in total. The zero-order chi connectivity index (χ0) is 21.7. The fourth-order valence-electron chi connectivity index (χ4n) is 3.83. The van der Waals surface area contributed by atoms with Gasteiger partial charge in [0.15, 0.2) is 15.7 Å². The van der Waals surface area contributed by atoms with Gasteiger partial charge in [-0.1, -0.05) is 22.8 Å². The van der Waals surface area contributed by atoms with E-state index in [1.807, 2.05) is 0 Å². The largest absolute Gasteiger partial charge is 0.309 e. The van der Waals surface area contributed by atoms with Crippen molar-refractivity contribution in [2.24, 2.45) is 11.1 Å². The van der Waals surface area contributed by atoms with Gasteiger partial charge in [-0.2, -0.15) is 4.91 Å². The van der Waals surface area contributed by atoms with Crippen LogP contribution in [0.4, 0.5) is 5.82 Å². The van der Waals surface area contributed by atoms with Crippen molar-refractivity contribution < 1.29 is 13.2 Å². The minimum Gasteiger partial charge on any atom is -0.309 e. The molecule has 10 heteroatoms. The summed E-state index contributed by atoms with van der Waals surface area (Å²) >= 11 is 6.22.